The molecule has 0 fully saturated rings. The molecule has 9 heteroatoms. The molecule has 0 radical (unpaired) electrons. The first kappa shape index (κ1) is 28.3. The summed E-state index contributed by atoms with van der Waals surface area (Å²) in [5.41, 5.74) is 3.24. The van der Waals surface area contributed by atoms with Crippen LogP contribution in [0.25, 0.3) is 0 Å². The van der Waals surface area contributed by atoms with Crippen molar-refractivity contribution >= 4 is 27.5 Å². The molecule has 0 unspecified atom stereocenters. The number of hydrogen-bond acceptors (Lipinski definition) is 5. The zero-order chi connectivity index (χ0) is 27.1. The predicted octanol–water partition coefficient (Wildman–Crippen LogP) is 4.31. The van der Waals surface area contributed by atoms with Crippen molar-refractivity contribution in [3.05, 3.63) is 101 Å². The topological polar surface area (TPSA) is 93.7 Å². The Balaban J connectivity index is 1.49. The second-order valence-electron chi connectivity index (χ2n) is 9.45. The number of hydrogen-bond donors (Lipinski definition) is 2. The third kappa shape index (κ3) is 7.01. The number of nitrogens with one attached hydrogen (secondary N) is 2. The molecule has 3 aromatic rings. The van der Waals surface area contributed by atoms with E-state index in [1.165, 1.54) is 31.4 Å². The van der Waals surface area contributed by atoms with E-state index in [-0.39, 0.29) is 29.5 Å². The Morgan fingerprint density at radius 2 is 1.68 bits per heavy atom. The van der Waals surface area contributed by atoms with Gasteiger partial charge in [-0.25, -0.2) is 13.1 Å². The molecule has 0 saturated carbocycles. The number of amides is 1. The monoisotopic (exact) mass is 556 g/mol. The van der Waals surface area contributed by atoms with Gasteiger partial charge in [0.15, 0.2) is 0 Å². The number of rotatable bonds is 12. The van der Waals surface area contributed by atoms with Crippen molar-refractivity contribution in [1.82, 2.24) is 10.0 Å². The Labute approximate surface area is 229 Å². The average molecular weight is 557 g/mol. The minimum absolute atomic E-state index is 0.0208. The zero-order valence-electron chi connectivity index (χ0n) is 21.5. The molecule has 1 amide bonds. The molecule has 0 heterocycles. The summed E-state index contributed by atoms with van der Waals surface area (Å²) >= 11 is 5.89. The number of benzene rings is 3. The Kier molecular flexibility index (Phi) is 9.57. The van der Waals surface area contributed by atoms with E-state index in [0.29, 0.717) is 17.9 Å². The maximum atomic E-state index is 13.7. The maximum absolute atomic E-state index is 13.7. The van der Waals surface area contributed by atoms with Crippen LogP contribution in [0.2, 0.25) is 5.02 Å². The number of carbonyl (C=O) groups excluding carboxylic acids is 1. The molecule has 3 aromatic carbocycles. The number of sulfonamides is 1. The summed E-state index contributed by atoms with van der Waals surface area (Å²) in [6.45, 7) is 0.0208. The molecular formula is C29H33ClN2O5S. The SMILES string of the molecule is CO[C@H](CNS(=O)(=O)c1ccc(Cl)cc1)C[C@@H](Cc1ccccc1)C(=O)N[C@H]1c2ccccc2C[C@@H]1OC. The molecule has 2 N–H and O–H groups in total. The van der Waals surface area contributed by atoms with Crippen LogP contribution in [0, 0.1) is 5.92 Å². The van der Waals surface area contributed by atoms with Crippen LogP contribution in [-0.4, -0.2) is 47.3 Å². The molecule has 0 spiro atoms. The van der Waals surface area contributed by atoms with Crippen LogP contribution < -0.4 is 10.0 Å². The van der Waals surface area contributed by atoms with Crippen LogP contribution >= 0.6 is 11.6 Å². The van der Waals surface area contributed by atoms with Crippen LogP contribution in [-0.2, 0) is 37.1 Å². The van der Waals surface area contributed by atoms with E-state index in [2.05, 4.69) is 16.1 Å². The summed E-state index contributed by atoms with van der Waals surface area (Å²) < 4.78 is 39.5. The minimum Gasteiger partial charge on any atom is -0.380 e. The van der Waals surface area contributed by atoms with Crippen molar-refractivity contribution in [2.24, 2.45) is 5.92 Å². The van der Waals surface area contributed by atoms with Crippen molar-refractivity contribution in [3.8, 4) is 0 Å². The lowest BCUT2D eigenvalue weighted by Gasteiger charge is -2.26. The molecule has 4 atom stereocenters. The van der Waals surface area contributed by atoms with Gasteiger partial charge in [0.1, 0.15) is 0 Å². The summed E-state index contributed by atoms with van der Waals surface area (Å²) in [7, 11) is -0.587. The van der Waals surface area contributed by atoms with Crippen molar-refractivity contribution in [2.45, 2.75) is 42.4 Å². The van der Waals surface area contributed by atoms with E-state index >= 15 is 0 Å². The third-order valence-corrected chi connectivity index (χ3v) is 8.68. The summed E-state index contributed by atoms with van der Waals surface area (Å²) in [5, 5.41) is 3.67. The summed E-state index contributed by atoms with van der Waals surface area (Å²) in [5.74, 6) is -0.576. The molecule has 0 aromatic heterocycles. The Hall–Kier alpha value is -2.75. The van der Waals surface area contributed by atoms with Crippen LogP contribution in [0.5, 0.6) is 0 Å². The van der Waals surface area contributed by atoms with Gasteiger partial charge in [-0.2, -0.15) is 0 Å². The smallest absolute Gasteiger partial charge is 0.240 e. The highest BCUT2D eigenvalue weighted by Crippen LogP contribution is 2.33. The summed E-state index contributed by atoms with van der Waals surface area (Å²) in [6.07, 6.45) is 0.868. The van der Waals surface area contributed by atoms with Gasteiger partial charge in [0, 0.05) is 38.1 Å². The molecule has 1 aliphatic rings. The van der Waals surface area contributed by atoms with Gasteiger partial charge in [0.25, 0.3) is 0 Å². The molecule has 0 saturated heterocycles. The van der Waals surface area contributed by atoms with Crippen LogP contribution in [0.3, 0.4) is 0 Å². The van der Waals surface area contributed by atoms with Gasteiger partial charge in [0.2, 0.25) is 15.9 Å². The summed E-state index contributed by atoms with van der Waals surface area (Å²) in [6, 6.07) is 23.5. The summed E-state index contributed by atoms with van der Waals surface area (Å²) in [4.78, 5) is 13.8. The van der Waals surface area contributed by atoms with E-state index in [1.807, 2.05) is 48.5 Å². The van der Waals surface area contributed by atoms with Gasteiger partial charge in [-0.05, 0) is 53.8 Å². The van der Waals surface area contributed by atoms with Crippen LogP contribution in [0.15, 0.2) is 83.8 Å². The average Bonchev–Trinajstić information content (AvgIpc) is 3.28. The fourth-order valence-corrected chi connectivity index (χ4v) is 6.07. The lowest BCUT2D eigenvalue weighted by Crippen LogP contribution is -2.42. The molecule has 1 aliphatic carbocycles. The van der Waals surface area contributed by atoms with E-state index in [9.17, 15) is 13.2 Å². The number of fused-ring (bicyclic) bond motifs is 1. The fourth-order valence-electron chi connectivity index (χ4n) is 4.88. The van der Waals surface area contributed by atoms with Gasteiger partial charge in [-0.3, -0.25) is 4.79 Å². The molecule has 38 heavy (non-hydrogen) atoms. The lowest BCUT2D eigenvalue weighted by atomic mass is 9.92. The number of methoxy groups -OCH3 is 2. The molecule has 0 aliphatic heterocycles. The second kappa shape index (κ2) is 12.9. The van der Waals surface area contributed by atoms with Crippen LogP contribution in [0.1, 0.15) is 29.2 Å². The highest BCUT2D eigenvalue weighted by Gasteiger charge is 2.35. The van der Waals surface area contributed by atoms with Gasteiger partial charge < -0.3 is 14.8 Å². The van der Waals surface area contributed by atoms with E-state index in [1.54, 1.807) is 7.11 Å². The Bertz CT molecular complexity index is 1320. The van der Waals surface area contributed by atoms with Crippen molar-refractivity contribution in [3.63, 3.8) is 0 Å². The second-order valence-corrected chi connectivity index (χ2v) is 11.7. The number of ether oxygens (including phenoxy) is 2. The fraction of sp³-hybridized carbons (Fsp3) is 0.345. The first-order valence-electron chi connectivity index (χ1n) is 12.5. The predicted molar refractivity (Wildman–Crippen MR) is 148 cm³/mol. The lowest BCUT2D eigenvalue weighted by molar-refractivity contribution is -0.127. The molecule has 4 rings (SSSR count). The maximum Gasteiger partial charge on any atom is 0.240 e. The number of halogens is 1. The van der Waals surface area contributed by atoms with E-state index in [0.717, 1.165) is 23.1 Å². The van der Waals surface area contributed by atoms with Crippen LogP contribution in [0.4, 0.5) is 0 Å². The Morgan fingerprint density at radius 3 is 2.37 bits per heavy atom. The van der Waals surface area contributed by atoms with Crippen molar-refractivity contribution in [2.75, 3.05) is 20.8 Å². The highest BCUT2D eigenvalue weighted by molar-refractivity contribution is 7.89. The van der Waals surface area contributed by atoms with E-state index < -0.39 is 22.0 Å². The van der Waals surface area contributed by atoms with Crippen molar-refractivity contribution < 1.29 is 22.7 Å². The largest absolute Gasteiger partial charge is 0.380 e. The molecule has 202 valence electrons. The zero-order valence-corrected chi connectivity index (χ0v) is 23.0. The van der Waals surface area contributed by atoms with E-state index in [4.69, 9.17) is 21.1 Å². The molecule has 0 bridgehead atoms. The normalized spacial score (nSPS) is 18.5. The minimum atomic E-state index is -3.77. The Morgan fingerprint density at radius 1 is 1.00 bits per heavy atom. The molecule has 7 nitrogen and oxygen atoms in total. The van der Waals surface area contributed by atoms with Gasteiger partial charge >= 0.3 is 0 Å². The third-order valence-electron chi connectivity index (χ3n) is 6.98. The van der Waals surface area contributed by atoms with Gasteiger partial charge in [0.05, 0.1) is 23.1 Å². The van der Waals surface area contributed by atoms with Crippen molar-refractivity contribution in [1.29, 1.82) is 0 Å². The first-order chi connectivity index (χ1) is 18.3. The molecular weight excluding hydrogens is 524 g/mol. The quantitative estimate of drug-likeness (QED) is 0.347. The highest BCUT2D eigenvalue weighted by atomic mass is 35.5. The standard InChI is InChI=1S/C29H33ClN2O5S/c1-36-24(19-31-38(34,35)25-14-12-23(30)13-15-25)17-22(16-20-8-4-3-5-9-20)29(33)32-28-26-11-7-6-10-21(26)18-27(28)37-2/h3-15,22,24,27-28,31H,16-19H2,1-2H3,(H,32,33)/t22-,24+,27+,28+/m1/s1. The first-order valence-corrected chi connectivity index (χ1v) is 14.4. The van der Waals surface area contributed by atoms with Gasteiger partial charge in [-0.1, -0.05) is 66.2 Å². The number of carbonyl (C=O) groups is 1. The van der Waals surface area contributed by atoms with Gasteiger partial charge in [-0.15, -0.1) is 0 Å².